The van der Waals surface area contributed by atoms with Gasteiger partial charge in [-0.05, 0) is 37.8 Å². The smallest absolute Gasteiger partial charge is 0.328 e. The molecule has 1 aromatic heterocycles. The Bertz CT molecular complexity index is 890. The molecule has 1 aromatic carbocycles. The molecule has 2 heterocycles. The van der Waals surface area contributed by atoms with Crippen LogP contribution in [0.1, 0.15) is 26.2 Å². The quantitative estimate of drug-likeness (QED) is 0.828. The van der Waals surface area contributed by atoms with Crippen LogP contribution in [0.2, 0.25) is 0 Å². The third kappa shape index (κ3) is 4.16. The van der Waals surface area contributed by atoms with Crippen LogP contribution in [0.4, 0.5) is 0 Å². The molecule has 2 aromatic rings. The summed E-state index contributed by atoms with van der Waals surface area (Å²) in [5, 5.41) is 0.449. The van der Waals surface area contributed by atoms with Gasteiger partial charge in [0.15, 0.2) is 0 Å². The van der Waals surface area contributed by atoms with Gasteiger partial charge < -0.3 is 10.6 Å². The molecule has 8 heteroatoms. The SMILES string of the molecule is CC(N)C1CCCN(C(=O)CCn2c(=O)[nH]c(=O)c3ccccc32)C1.Cl. The topological polar surface area (TPSA) is 101 Å². The highest BCUT2D eigenvalue weighted by Crippen LogP contribution is 2.19. The summed E-state index contributed by atoms with van der Waals surface area (Å²) >= 11 is 0. The Hall–Kier alpha value is -2.12. The van der Waals surface area contributed by atoms with E-state index >= 15 is 0 Å². The summed E-state index contributed by atoms with van der Waals surface area (Å²) in [6.45, 7) is 3.64. The number of nitrogens with two attached hydrogens (primary N) is 1. The number of fused-ring (bicyclic) bond motifs is 1. The minimum absolute atomic E-state index is 0. The molecule has 0 radical (unpaired) electrons. The zero-order chi connectivity index (χ0) is 18.0. The number of nitrogens with zero attached hydrogens (tertiary/aromatic N) is 2. The number of benzene rings is 1. The lowest BCUT2D eigenvalue weighted by Gasteiger charge is -2.34. The maximum Gasteiger partial charge on any atom is 0.328 e. The van der Waals surface area contributed by atoms with Crippen LogP contribution < -0.4 is 17.0 Å². The van der Waals surface area contributed by atoms with Gasteiger partial charge in [-0.25, -0.2) is 4.79 Å². The maximum atomic E-state index is 12.6. The molecular formula is C18H25ClN4O3. The zero-order valence-corrected chi connectivity index (χ0v) is 15.6. The van der Waals surface area contributed by atoms with E-state index in [9.17, 15) is 14.4 Å². The molecule has 0 bridgehead atoms. The van der Waals surface area contributed by atoms with Gasteiger partial charge in [0.05, 0.1) is 10.9 Å². The minimum atomic E-state index is -0.483. The van der Waals surface area contributed by atoms with Crippen molar-refractivity contribution in [3.8, 4) is 0 Å². The van der Waals surface area contributed by atoms with E-state index in [4.69, 9.17) is 5.73 Å². The molecule has 1 fully saturated rings. The number of aryl methyl sites for hydroxylation is 1. The van der Waals surface area contributed by atoms with Crippen molar-refractivity contribution in [3.05, 3.63) is 45.1 Å². The van der Waals surface area contributed by atoms with E-state index in [0.717, 1.165) is 19.4 Å². The van der Waals surface area contributed by atoms with E-state index in [1.54, 1.807) is 24.3 Å². The van der Waals surface area contributed by atoms with Gasteiger partial charge in [0.2, 0.25) is 5.91 Å². The summed E-state index contributed by atoms with van der Waals surface area (Å²) in [5.41, 5.74) is 5.64. The number of para-hydroxylation sites is 1. The number of amides is 1. The first-order chi connectivity index (χ1) is 12.0. The number of carbonyl (C=O) groups excluding carboxylic acids is 1. The number of hydrogen-bond donors (Lipinski definition) is 2. The summed E-state index contributed by atoms with van der Waals surface area (Å²) in [7, 11) is 0. The molecule has 1 amide bonds. The van der Waals surface area contributed by atoms with Crippen molar-refractivity contribution >= 4 is 29.2 Å². The van der Waals surface area contributed by atoms with E-state index < -0.39 is 11.2 Å². The Morgan fingerprint density at radius 3 is 2.81 bits per heavy atom. The van der Waals surface area contributed by atoms with Gasteiger partial charge in [-0.1, -0.05) is 12.1 Å². The molecule has 1 aliphatic rings. The number of halogens is 1. The maximum absolute atomic E-state index is 12.6. The molecule has 3 rings (SSSR count). The first-order valence-corrected chi connectivity index (χ1v) is 8.72. The summed E-state index contributed by atoms with van der Waals surface area (Å²) < 4.78 is 1.46. The van der Waals surface area contributed by atoms with Crippen LogP contribution in [-0.4, -0.2) is 39.5 Å². The first-order valence-electron chi connectivity index (χ1n) is 8.72. The van der Waals surface area contributed by atoms with Crippen molar-refractivity contribution in [2.45, 2.75) is 38.8 Å². The second kappa shape index (κ2) is 8.51. The molecule has 0 aliphatic carbocycles. The van der Waals surface area contributed by atoms with Gasteiger partial charge in [0.1, 0.15) is 0 Å². The van der Waals surface area contributed by atoms with E-state index in [1.165, 1.54) is 4.57 Å². The van der Waals surface area contributed by atoms with Crippen molar-refractivity contribution < 1.29 is 4.79 Å². The number of rotatable bonds is 4. The fourth-order valence-corrected chi connectivity index (χ4v) is 3.50. The molecular weight excluding hydrogens is 356 g/mol. The van der Waals surface area contributed by atoms with Crippen LogP contribution >= 0.6 is 12.4 Å². The number of nitrogens with one attached hydrogen (secondary N) is 1. The average molecular weight is 381 g/mol. The van der Waals surface area contributed by atoms with E-state index in [0.29, 0.717) is 23.4 Å². The molecule has 7 nitrogen and oxygen atoms in total. The predicted octanol–water partition coefficient (Wildman–Crippen LogP) is 1.09. The van der Waals surface area contributed by atoms with Crippen LogP contribution in [0.25, 0.3) is 10.9 Å². The highest BCUT2D eigenvalue weighted by Gasteiger charge is 2.25. The Labute approximate surface area is 157 Å². The molecule has 0 spiro atoms. The van der Waals surface area contributed by atoms with Crippen molar-refractivity contribution in [1.29, 1.82) is 0 Å². The standard InChI is InChI=1S/C18H24N4O3.ClH/c1-12(19)13-5-4-9-21(11-13)16(23)8-10-22-15-7-3-2-6-14(15)17(24)20-18(22)25;/h2-3,6-7,12-13H,4-5,8-11,19H2,1H3,(H,20,24,25);1H. The first kappa shape index (κ1) is 20.2. The van der Waals surface area contributed by atoms with Gasteiger partial charge in [0, 0.05) is 32.1 Å². The van der Waals surface area contributed by atoms with Crippen LogP contribution in [0.5, 0.6) is 0 Å². The largest absolute Gasteiger partial charge is 0.342 e. The lowest BCUT2D eigenvalue weighted by Crippen LogP contribution is -2.45. The Kier molecular flexibility index (Phi) is 6.61. The molecule has 1 aliphatic heterocycles. The number of carbonyl (C=O) groups is 1. The van der Waals surface area contributed by atoms with E-state index in [2.05, 4.69) is 4.98 Å². The average Bonchev–Trinajstić information content (AvgIpc) is 2.61. The molecule has 1 saturated heterocycles. The van der Waals surface area contributed by atoms with Crippen LogP contribution in [0.3, 0.4) is 0 Å². The summed E-state index contributed by atoms with van der Waals surface area (Å²) in [6.07, 6.45) is 2.23. The van der Waals surface area contributed by atoms with Crippen LogP contribution in [0.15, 0.2) is 33.9 Å². The van der Waals surface area contributed by atoms with Gasteiger partial charge in [-0.3, -0.25) is 19.1 Å². The predicted molar refractivity (Wildman–Crippen MR) is 104 cm³/mol. The van der Waals surface area contributed by atoms with Crippen molar-refractivity contribution in [3.63, 3.8) is 0 Å². The summed E-state index contributed by atoms with van der Waals surface area (Å²) in [6, 6.07) is 6.99. The van der Waals surface area contributed by atoms with Crippen LogP contribution in [0, 0.1) is 5.92 Å². The number of aromatic nitrogens is 2. The monoisotopic (exact) mass is 380 g/mol. The van der Waals surface area contributed by atoms with Gasteiger partial charge in [-0.2, -0.15) is 0 Å². The lowest BCUT2D eigenvalue weighted by molar-refractivity contribution is -0.133. The third-order valence-electron chi connectivity index (χ3n) is 5.01. The molecule has 2 atom stereocenters. The fraction of sp³-hybridized carbons (Fsp3) is 0.500. The lowest BCUT2D eigenvalue weighted by atomic mass is 9.92. The van der Waals surface area contributed by atoms with E-state index in [1.807, 2.05) is 11.8 Å². The van der Waals surface area contributed by atoms with Gasteiger partial charge in [0.25, 0.3) is 5.56 Å². The van der Waals surface area contributed by atoms with Crippen molar-refractivity contribution in [1.82, 2.24) is 14.5 Å². The van der Waals surface area contributed by atoms with Crippen molar-refractivity contribution in [2.24, 2.45) is 11.7 Å². The number of hydrogen-bond acceptors (Lipinski definition) is 4. The normalized spacial score (nSPS) is 18.4. The molecule has 2 unspecified atom stereocenters. The summed E-state index contributed by atoms with van der Waals surface area (Å²) in [5.74, 6) is 0.349. The number of likely N-dealkylation sites (tertiary alicyclic amines) is 1. The Balaban J connectivity index is 0.00000243. The molecule has 26 heavy (non-hydrogen) atoms. The highest BCUT2D eigenvalue weighted by atomic mass is 35.5. The molecule has 3 N–H and O–H groups in total. The van der Waals surface area contributed by atoms with Crippen molar-refractivity contribution in [2.75, 3.05) is 13.1 Å². The number of H-pyrrole nitrogens is 1. The zero-order valence-electron chi connectivity index (χ0n) is 14.8. The highest BCUT2D eigenvalue weighted by molar-refractivity contribution is 5.85. The van der Waals surface area contributed by atoms with Gasteiger partial charge in [-0.15, -0.1) is 12.4 Å². The number of piperidine rings is 1. The fourth-order valence-electron chi connectivity index (χ4n) is 3.50. The molecule has 0 saturated carbocycles. The van der Waals surface area contributed by atoms with Crippen LogP contribution in [-0.2, 0) is 11.3 Å². The second-order valence-corrected chi connectivity index (χ2v) is 6.78. The third-order valence-corrected chi connectivity index (χ3v) is 5.01. The van der Waals surface area contributed by atoms with Gasteiger partial charge >= 0.3 is 5.69 Å². The molecule has 142 valence electrons. The second-order valence-electron chi connectivity index (χ2n) is 6.78. The summed E-state index contributed by atoms with van der Waals surface area (Å²) in [4.78, 5) is 40.7. The number of aromatic amines is 1. The minimum Gasteiger partial charge on any atom is -0.342 e. The van der Waals surface area contributed by atoms with E-state index in [-0.39, 0.29) is 37.3 Å². The Morgan fingerprint density at radius 2 is 2.08 bits per heavy atom. The Morgan fingerprint density at radius 1 is 1.35 bits per heavy atom.